The lowest BCUT2D eigenvalue weighted by atomic mass is 9.92. The molecule has 4 heterocycles. The zero-order chi connectivity index (χ0) is 27.9. The quantitative estimate of drug-likeness (QED) is 0.331. The number of fused-ring (bicyclic) bond motifs is 3. The molecule has 0 radical (unpaired) electrons. The van der Waals surface area contributed by atoms with Crippen LogP contribution in [0.25, 0.3) is 20.8 Å². The van der Waals surface area contributed by atoms with Gasteiger partial charge in [-0.05, 0) is 59.1 Å². The second kappa shape index (κ2) is 10.5. The first-order valence-electron chi connectivity index (χ1n) is 12.8. The van der Waals surface area contributed by atoms with Crippen molar-refractivity contribution >= 4 is 50.1 Å². The van der Waals surface area contributed by atoms with Gasteiger partial charge in [0.25, 0.3) is 0 Å². The van der Waals surface area contributed by atoms with Crippen molar-refractivity contribution in [2.24, 2.45) is 0 Å². The second-order valence-corrected chi connectivity index (χ2v) is 12.4. The lowest BCUT2D eigenvalue weighted by Gasteiger charge is -2.49. The molecule has 2 bridgehead atoms. The molecule has 2 saturated heterocycles. The van der Waals surface area contributed by atoms with Crippen LogP contribution in [0.5, 0.6) is 5.75 Å². The maximum absolute atomic E-state index is 14.6. The summed E-state index contributed by atoms with van der Waals surface area (Å²) < 4.78 is 44.6. The van der Waals surface area contributed by atoms with Crippen LogP contribution in [0.15, 0.2) is 23.7 Å². The minimum Gasteiger partial charge on any atom is -0.459 e. The van der Waals surface area contributed by atoms with Gasteiger partial charge in [-0.3, -0.25) is 4.90 Å². The van der Waals surface area contributed by atoms with E-state index in [1.807, 2.05) is 31.1 Å². The standard InChI is InChI=1S/C26H30F2N4O5S2/c1-5-35-22(33)26(27,28)36-18-10-9-17(21-29-11-12-38-21)19-20(18)39-23(30-19)31-13-15-7-6-8-16(14-31)32(15)24(34)37-25(2,3)4/h9-12,15-16H,5-8,13-14H2,1-4H3. The first-order chi connectivity index (χ1) is 18.5. The summed E-state index contributed by atoms with van der Waals surface area (Å²) in [7, 11) is 0. The summed E-state index contributed by atoms with van der Waals surface area (Å²) in [4.78, 5) is 38.0. The molecule has 0 saturated carbocycles. The maximum atomic E-state index is 14.6. The number of piperazine rings is 1. The van der Waals surface area contributed by atoms with E-state index in [2.05, 4.69) is 14.6 Å². The number of rotatable bonds is 6. The Morgan fingerprint density at radius 3 is 2.49 bits per heavy atom. The van der Waals surface area contributed by atoms with Gasteiger partial charge in [-0.25, -0.2) is 19.6 Å². The Labute approximate surface area is 232 Å². The summed E-state index contributed by atoms with van der Waals surface area (Å²) in [6.07, 6.45) is -0.133. The van der Waals surface area contributed by atoms with Gasteiger partial charge in [0.1, 0.15) is 16.4 Å². The van der Waals surface area contributed by atoms with Gasteiger partial charge in [-0.1, -0.05) is 11.3 Å². The molecule has 1 aromatic carbocycles. The van der Waals surface area contributed by atoms with E-state index in [1.165, 1.54) is 35.7 Å². The molecule has 2 atom stereocenters. The number of piperidine rings is 1. The number of amides is 1. The molecule has 0 aliphatic carbocycles. The van der Waals surface area contributed by atoms with Gasteiger partial charge in [0.05, 0.1) is 28.9 Å². The molecular formula is C26H30F2N4O5S2. The summed E-state index contributed by atoms with van der Waals surface area (Å²) >= 11 is 2.62. The van der Waals surface area contributed by atoms with E-state index < -0.39 is 17.7 Å². The number of carbonyl (C=O) groups is 2. The van der Waals surface area contributed by atoms with E-state index in [9.17, 15) is 18.4 Å². The number of thiazole rings is 2. The van der Waals surface area contributed by atoms with Crippen molar-refractivity contribution < 1.29 is 32.6 Å². The molecule has 0 N–H and O–H groups in total. The topological polar surface area (TPSA) is 94.1 Å². The third kappa shape index (κ3) is 5.65. The third-order valence-corrected chi connectivity index (χ3v) is 8.45. The summed E-state index contributed by atoms with van der Waals surface area (Å²) in [5.41, 5.74) is 0.549. The van der Waals surface area contributed by atoms with E-state index in [1.54, 1.807) is 12.3 Å². The van der Waals surface area contributed by atoms with Crippen molar-refractivity contribution in [2.75, 3.05) is 24.6 Å². The molecule has 2 fully saturated rings. The fourth-order valence-electron chi connectivity index (χ4n) is 4.99. The van der Waals surface area contributed by atoms with Crippen LogP contribution in [0, 0.1) is 0 Å². The number of halogens is 2. The number of hydrogen-bond donors (Lipinski definition) is 0. The normalized spacial score (nSPS) is 19.7. The number of esters is 1. The van der Waals surface area contributed by atoms with Gasteiger partial charge < -0.3 is 19.1 Å². The van der Waals surface area contributed by atoms with Crippen LogP contribution in [0.1, 0.15) is 47.0 Å². The van der Waals surface area contributed by atoms with Gasteiger partial charge in [0.2, 0.25) is 0 Å². The van der Waals surface area contributed by atoms with E-state index in [-0.39, 0.29) is 30.5 Å². The van der Waals surface area contributed by atoms with Crippen molar-refractivity contribution in [1.29, 1.82) is 0 Å². The molecule has 2 aliphatic rings. The Morgan fingerprint density at radius 2 is 1.87 bits per heavy atom. The monoisotopic (exact) mass is 580 g/mol. The highest BCUT2D eigenvalue weighted by Crippen LogP contribution is 2.44. The number of hydrogen-bond acceptors (Lipinski definition) is 10. The smallest absolute Gasteiger partial charge is 0.459 e. The van der Waals surface area contributed by atoms with Crippen molar-refractivity contribution in [1.82, 2.24) is 14.9 Å². The zero-order valence-corrected chi connectivity index (χ0v) is 23.7. The Morgan fingerprint density at radius 1 is 1.15 bits per heavy atom. The van der Waals surface area contributed by atoms with E-state index in [0.717, 1.165) is 19.3 Å². The molecule has 2 aromatic heterocycles. The van der Waals surface area contributed by atoms with Gasteiger partial charge in [0.15, 0.2) is 5.13 Å². The minimum absolute atomic E-state index is 0.0540. The van der Waals surface area contributed by atoms with Crippen molar-refractivity contribution in [3.05, 3.63) is 23.7 Å². The number of aromatic nitrogens is 2. The number of anilines is 1. The Bertz CT molecular complexity index is 1340. The van der Waals surface area contributed by atoms with Crippen molar-refractivity contribution in [3.63, 3.8) is 0 Å². The van der Waals surface area contributed by atoms with E-state index in [0.29, 0.717) is 39.0 Å². The summed E-state index contributed by atoms with van der Waals surface area (Å²) in [5, 5.41) is 3.14. The molecule has 2 aliphatic heterocycles. The predicted molar refractivity (Wildman–Crippen MR) is 145 cm³/mol. The average molecular weight is 581 g/mol. The van der Waals surface area contributed by atoms with Crippen LogP contribution < -0.4 is 9.64 Å². The SMILES string of the molecule is CCOC(=O)C(F)(F)Oc1ccc(-c2nccs2)c2nc(N3CC4CCCC(C3)N4C(=O)OC(C)(C)C)sc12. The minimum atomic E-state index is -4.16. The van der Waals surface area contributed by atoms with Crippen LogP contribution in [-0.4, -0.2) is 70.4 Å². The highest BCUT2D eigenvalue weighted by molar-refractivity contribution is 7.22. The van der Waals surface area contributed by atoms with E-state index >= 15 is 0 Å². The summed E-state index contributed by atoms with van der Waals surface area (Å²) in [6.45, 7) is 7.88. The lowest BCUT2D eigenvalue weighted by molar-refractivity contribution is -0.216. The number of carbonyl (C=O) groups excluding carboxylic acids is 2. The fraction of sp³-hybridized carbons (Fsp3) is 0.538. The first kappa shape index (κ1) is 27.5. The van der Waals surface area contributed by atoms with Gasteiger partial charge in [0, 0.05) is 30.2 Å². The zero-order valence-electron chi connectivity index (χ0n) is 22.1. The molecule has 0 spiro atoms. The molecule has 5 rings (SSSR count). The molecule has 1 amide bonds. The molecule has 13 heteroatoms. The van der Waals surface area contributed by atoms with Crippen LogP contribution >= 0.6 is 22.7 Å². The molecule has 210 valence electrons. The highest BCUT2D eigenvalue weighted by Gasteiger charge is 2.45. The largest absolute Gasteiger partial charge is 0.502 e. The summed E-state index contributed by atoms with van der Waals surface area (Å²) in [6, 6.07) is 2.92. The third-order valence-electron chi connectivity index (χ3n) is 6.51. The highest BCUT2D eigenvalue weighted by atomic mass is 32.1. The van der Waals surface area contributed by atoms with E-state index in [4.69, 9.17) is 14.5 Å². The maximum Gasteiger partial charge on any atom is 0.502 e. The molecule has 2 unspecified atom stereocenters. The van der Waals surface area contributed by atoms with Crippen LogP contribution in [-0.2, 0) is 14.3 Å². The Balaban J connectivity index is 1.49. The Kier molecular flexibility index (Phi) is 7.40. The number of alkyl halides is 2. The van der Waals surface area contributed by atoms with Gasteiger partial charge >= 0.3 is 18.2 Å². The molecule has 3 aromatic rings. The molecular weight excluding hydrogens is 550 g/mol. The van der Waals surface area contributed by atoms with Gasteiger partial charge in [-0.15, -0.1) is 11.3 Å². The number of nitrogens with zero attached hydrogens (tertiary/aromatic N) is 4. The average Bonchev–Trinajstić information content (AvgIpc) is 3.53. The molecule has 9 nitrogen and oxygen atoms in total. The second-order valence-electron chi connectivity index (χ2n) is 10.5. The summed E-state index contributed by atoms with van der Waals surface area (Å²) in [5.74, 6) is -1.92. The van der Waals surface area contributed by atoms with Gasteiger partial charge in [-0.2, -0.15) is 8.78 Å². The number of benzene rings is 1. The molecule has 39 heavy (non-hydrogen) atoms. The van der Waals surface area contributed by atoms with Crippen LogP contribution in [0.4, 0.5) is 18.7 Å². The number of ether oxygens (including phenoxy) is 3. The Hall–Kier alpha value is -3.06. The van der Waals surface area contributed by atoms with Crippen LogP contribution in [0.2, 0.25) is 0 Å². The van der Waals surface area contributed by atoms with Crippen LogP contribution in [0.3, 0.4) is 0 Å². The lowest BCUT2D eigenvalue weighted by Crippen LogP contribution is -2.63. The van der Waals surface area contributed by atoms with Crippen molar-refractivity contribution in [2.45, 2.75) is 70.8 Å². The fourth-order valence-corrected chi connectivity index (χ4v) is 6.71. The van der Waals surface area contributed by atoms with Crippen molar-refractivity contribution in [3.8, 4) is 16.3 Å². The predicted octanol–water partition coefficient (Wildman–Crippen LogP) is 5.93. The first-order valence-corrected chi connectivity index (χ1v) is 14.5.